The molecular weight excluding hydrogens is 288 g/mol. The zero-order chi connectivity index (χ0) is 16.0. The van der Waals surface area contributed by atoms with Gasteiger partial charge in [-0.05, 0) is 26.8 Å². The molecule has 1 rings (SSSR count). The number of pyridine rings is 1. The first-order chi connectivity index (χ1) is 9.86. The quantitative estimate of drug-likeness (QED) is 0.512. The highest BCUT2D eigenvalue weighted by Crippen LogP contribution is 2.20. The minimum atomic E-state index is -0.420. The van der Waals surface area contributed by atoms with Crippen molar-refractivity contribution in [3.05, 3.63) is 23.0 Å². The van der Waals surface area contributed by atoms with Crippen LogP contribution in [0.15, 0.2) is 6.07 Å². The van der Waals surface area contributed by atoms with Crippen LogP contribution in [0.25, 0.3) is 0 Å². The highest BCUT2D eigenvalue weighted by atomic mass is 32.1. The molecule has 0 aliphatic rings. The van der Waals surface area contributed by atoms with Crippen molar-refractivity contribution in [2.45, 2.75) is 26.8 Å². The van der Waals surface area contributed by atoms with Crippen LogP contribution >= 0.6 is 12.2 Å². The second kappa shape index (κ2) is 7.90. The van der Waals surface area contributed by atoms with Crippen molar-refractivity contribution in [1.29, 1.82) is 0 Å². The van der Waals surface area contributed by atoms with E-state index in [4.69, 9.17) is 22.7 Å². The Kier molecular flexibility index (Phi) is 6.51. The number of hydrogen-bond acceptors (Lipinski definition) is 5. The average Bonchev–Trinajstić information content (AvgIpc) is 2.37. The zero-order valence-electron chi connectivity index (χ0n) is 12.8. The molecule has 21 heavy (non-hydrogen) atoms. The molecule has 1 aromatic rings. The molecule has 0 aliphatic heterocycles. The van der Waals surface area contributed by atoms with Gasteiger partial charge in [0, 0.05) is 30.7 Å². The van der Waals surface area contributed by atoms with Crippen molar-refractivity contribution in [3.8, 4) is 0 Å². The SMILES string of the molecule is COCCNC(=O)C(C)Nc1cc(C)nc(C)c1C(N)=S. The third-order valence-electron chi connectivity index (χ3n) is 2.95. The van der Waals surface area contributed by atoms with Crippen LogP contribution in [-0.2, 0) is 9.53 Å². The van der Waals surface area contributed by atoms with E-state index in [1.807, 2.05) is 19.9 Å². The maximum Gasteiger partial charge on any atom is 0.242 e. The topological polar surface area (TPSA) is 89.3 Å². The minimum absolute atomic E-state index is 0.118. The molecule has 7 heteroatoms. The monoisotopic (exact) mass is 310 g/mol. The van der Waals surface area contributed by atoms with Gasteiger partial charge in [-0.2, -0.15) is 0 Å². The number of carbonyl (C=O) groups is 1. The molecule has 0 spiro atoms. The van der Waals surface area contributed by atoms with E-state index in [1.54, 1.807) is 14.0 Å². The predicted molar refractivity (Wildman–Crippen MR) is 87.6 cm³/mol. The maximum atomic E-state index is 12.0. The van der Waals surface area contributed by atoms with E-state index in [2.05, 4.69) is 15.6 Å². The van der Waals surface area contributed by atoms with E-state index < -0.39 is 6.04 Å². The minimum Gasteiger partial charge on any atom is -0.389 e. The Labute approximate surface area is 130 Å². The highest BCUT2D eigenvalue weighted by molar-refractivity contribution is 7.80. The second-order valence-electron chi connectivity index (χ2n) is 4.79. The molecule has 0 saturated heterocycles. The van der Waals surface area contributed by atoms with Gasteiger partial charge in [-0.1, -0.05) is 12.2 Å². The molecule has 1 atom stereocenters. The number of hydrogen-bond donors (Lipinski definition) is 3. The van der Waals surface area contributed by atoms with E-state index in [1.165, 1.54) is 0 Å². The third kappa shape index (κ3) is 4.95. The molecule has 0 aliphatic carbocycles. The summed E-state index contributed by atoms with van der Waals surface area (Å²) in [5.41, 5.74) is 8.73. The lowest BCUT2D eigenvalue weighted by Gasteiger charge is -2.19. The molecule has 1 unspecified atom stereocenters. The molecule has 1 amide bonds. The number of thiocarbonyl (C=S) groups is 1. The summed E-state index contributed by atoms with van der Waals surface area (Å²) < 4.78 is 4.90. The van der Waals surface area contributed by atoms with Crippen molar-refractivity contribution < 1.29 is 9.53 Å². The molecule has 1 heterocycles. The van der Waals surface area contributed by atoms with Crippen LogP contribution in [0.3, 0.4) is 0 Å². The normalized spacial score (nSPS) is 11.8. The summed E-state index contributed by atoms with van der Waals surface area (Å²) in [6.07, 6.45) is 0. The molecular formula is C14H22N4O2S. The largest absolute Gasteiger partial charge is 0.389 e. The summed E-state index contributed by atoms with van der Waals surface area (Å²) in [6, 6.07) is 1.41. The van der Waals surface area contributed by atoms with Gasteiger partial charge in [-0.3, -0.25) is 9.78 Å². The van der Waals surface area contributed by atoms with Crippen LogP contribution in [0, 0.1) is 13.8 Å². The van der Waals surface area contributed by atoms with Gasteiger partial charge in [-0.15, -0.1) is 0 Å². The Hall–Kier alpha value is -1.73. The molecule has 1 aromatic heterocycles. The fraction of sp³-hybridized carbons (Fsp3) is 0.500. The lowest BCUT2D eigenvalue weighted by molar-refractivity contribution is -0.121. The third-order valence-corrected chi connectivity index (χ3v) is 3.15. The van der Waals surface area contributed by atoms with Gasteiger partial charge in [0.25, 0.3) is 0 Å². The van der Waals surface area contributed by atoms with Crippen molar-refractivity contribution >= 4 is 28.8 Å². The van der Waals surface area contributed by atoms with Gasteiger partial charge < -0.3 is 21.1 Å². The zero-order valence-corrected chi connectivity index (χ0v) is 13.6. The number of anilines is 1. The number of amides is 1. The van der Waals surface area contributed by atoms with Crippen LogP contribution in [0.2, 0.25) is 0 Å². The number of aryl methyl sites for hydroxylation is 2. The molecule has 0 saturated carbocycles. The van der Waals surface area contributed by atoms with E-state index in [-0.39, 0.29) is 10.9 Å². The van der Waals surface area contributed by atoms with Crippen LogP contribution in [0.4, 0.5) is 5.69 Å². The van der Waals surface area contributed by atoms with Crippen LogP contribution in [0.1, 0.15) is 23.9 Å². The number of aromatic nitrogens is 1. The molecule has 4 N–H and O–H groups in total. The van der Waals surface area contributed by atoms with E-state index in [0.29, 0.717) is 18.7 Å². The first kappa shape index (κ1) is 17.3. The fourth-order valence-corrected chi connectivity index (χ4v) is 2.24. The van der Waals surface area contributed by atoms with Gasteiger partial charge in [0.15, 0.2) is 0 Å². The van der Waals surface area contributed by atoms with E-state index in [0.717, 1.165) is 17.1 Å². The number of ether oxygens (including phenoxy) is 1. The summed E-state index contributed by atoms with van der Waals surface area (Å²) in [5.74, 6) is -0.118. The van der Waals surface area contributed by atoms with Crippen molar-refractivity contribution in [1.82, 2.24) is 10.3 Å². The Bertz CT molecular complexity index is 534. The summed E-state index contributed by atoms with van der Waals surface area (Å²) in [6.45, 7) is 6.44. The summed E-state index contributed by atoms with van der Waals surface area (Å²) in [5, 5.41) is 5.92. The first-order valence-electron chi connectivity index (χ1n) is 6.68. The number of methoxy groups -OCH3 is 1. The van der Waals surface area contributed by atoms with Gasteiger partial charge in [-0.25, -0.2) is 0 Å². The van der Waals surface area contributed by atoms with Crippen LogP contribution < -0.4 is 16.4 Å². The number of nitrogens with two attached hydrogens (primary N) is 1. The van der Waals surface area contributed by atoms with Gasteiger partial charge >= 0.3 is 0 Å². The van der Waals surface area contributed by atoms with Gasteiger partial charge in [0.1, 0.15) is 11.0 Å². The summed E-state index contributed by atoms with van der Waals surface area (Å²) >= 11 is 5.07. The number of carbonyl (C=O) groups excluding carboxylic acids is 1. The van der Waals surface area contributed by atoms with Crippen molar-refractivity contribution in [2.24, 2.45) is 5.73 Å². The Balaban J connectivity index is 2.86. The number of nitrogens with one attached hydrogen (secondary N) is 2. The van der Waals surface area contributed by atoms with Crippen molar-refractivity contribution in [2.75, 3.05) is 25.6 Å². The summed E-state index contributed by atoms with van der Waals surface area (Å²) in [4.78, 5) is 16.6. The molecule has 6 nitrogen and oxygen atoms in total. The molecule has 0 fully saturated rings. The Morgan fingerprint density at radius 1 is 1.52 bits per heavy atom. The number of rotatable bonds is 7. The average molecular weight is 310 g/mol. The molecule has 0 bridgehead atoms. The van der Waals surface area contributed by atoms with Crippen LogP contribution in [0.5, 0.6) is 0 Å². The fourth-order valence-electron chi connectivity index (χ4n) is 1.98. The molecule has 0 radical (unpaired) electrons. The lowest BCUT2D eigenvalue weighted by Crippen LogP contribution is -2.39. The highest BCUT2D eigenvalue weighted by Gasteiger charge is 2.17. The first-order valence-corrected chi connectivity index (χ1v) is 7.08. The Morgan fingerprint density at radius 3 is 2.76 bits per heavy atom. The Morgan fingerprint density at radius 2 is 2.19 bits per heavy atom. The predicted octanol–water partition coefficient (Wildman–Crippen LogP) is 0.896. The smallest absolute Gasteiger partial charge is 0.242 e. The van der Waals surface area contributed by atoms with Gasteiger partial charge in [0.2, 0.25) is 5.91 Å². The molecule has 116 valence electrons. The summed E-state index contributed by atoms with van der Waals surface area (Å²) in [7, 11) is 1.59. The second-order valence-corrected chi connectivity index (χ2v) is 5.23. The van der Waals surface area contributed by atoms with Crippen LogP contribution in [-0.4, -0.2) is 42.2 Å². The van der Waals surface area contributed by atoms with E-state index >= 15 is 0 Å². The van der Waals surface area contributed by atoms with E-state index in [9.17, 15) is 4.79 Å². The standard InChI is InChI=1S/C14H22N4O2S/c1-8-7-11(12(13(15)21)9(2)17-8)18-10(3)14(19)16-5-6-20-4/h7,10H,5-6H2,1-4H3,(H2,15,21)(H,16,19)(H,17,18). The maximum absolute atomic E-state index is 12.0. The molecule has 0 aromatic carbocycles. The van der Waals surface area contributed by atoms with Crippen molar-refractivity contribution in [3.63, 3.8) is 0 Å². The van der Waals surface area contributed by atoms with Gasteiger partial charge in [0.05, 0.1) is 12.2 Å². The number of nitrogens with zero attached hydrogens (tertiary/aromatic N) is 1. The lowest BCUT2D eigenvalue weighted by atomic mass is 10.1.